The first-order chi connectivity index (χ1) is 10.6. The topological polar surface area (TPSA) is 36.5 Å². The molecule has 2 N–H and O–H groups in total. The third-order valence-corrected chi connectivity index (χ3v) is 4.62. The molecule has 1 aliphatic heterocycles. The van der Waals surface area contributed by atoms with Crippen LogP contribution in [-0.4, -0.2) is 50.3 Å². The Morgan fingerprint density at radius 3 is 2.68 bits per heavy atom. The molecule has 2 rings (SSSR count). The van der Waals surface area contributed by atoms with Crippen molar-refractivity contribution < 1.29 is 4.74 Å². The molecule has 4 nitrogen and oxygen atoms in total. The summed E-state index contributed by atoms with van der Waals surface area (Å²) in [6.45, 7) is 11.5. The Morgan fingerprint density at radius 2 is 2.00 bits per heavy atom. The molecule has 1 aromatic rings. The summed E-state index contributed by atoms with van der Waals surface area (Å²) in [5, 5.41) is 6.91. The third-order valence-electron chi connectivity index (χ3n) is 3.57. The zero-order chi connectivity index (χ0) is 15.9. The average Bonchev–Trinajstić information content (AvgIpc) is 2.47. The minimum Gasteiger partial charge on any atom is -0.489 e. The smallest absolute Gasteiger partial charge is 0.138 e. The number of ether oxygens (including phenoxy) is 1. The Balaban J connectivity index is 1.87. The van der Waals surface area contributed by atoms with E-state index < -0.39 is 0 Å². The van der Waals surface area contributed by atoms with E-state index in [1.54, 1.807) is 0 Å². The first kappa shape index (κ1) is 18.2. The molecule has 0 saturated carbocycles. The van der Waals surface area contributed by atoms with Gasteiger partial charge in [0.25, 0.3) is 0 Å². The molecule has 124 valence electrons. The number of nitrogens with one attached hydrogen (secondary N) is 2. The van der Waals surface area contributed by atoms with E-state index >= 15 is 0 Å². The molecular weight excluding hydrogens is 410 g/mol. The Labute approximate surface area is 150 Å². The maximum atomic E-state index is 5.95. The van der Waals surface area contributed by atoms with Crippen molar-refractivity contribution in [3.63, 3.8) is 0 Å². The summed E-state index contributed by atoms with van der Waals surface area (Å²) in [6, 6.07) is 4.15. The fourth-order valence-corrected chi connectivity index (χ4v) is 3.91. The molecule has 0 bridgehead atoms. The van der Waals surface area contributed by atoms with Crippen LogP contribution >= 0.6 is 31.9 Å². The SMILES string of the molecule is CC(C)Oc1c(Br)cc(Br)cc1CNCCN1CCNCC1. The van der Waals surface area contributed by atoms with Gasteiger partial charge in [-0.05, 0) is 41.9 Å². The molecule has 0 unspecified atom stereocenters. The molecule has 0 spiro atoms. The second-order valence-corrected chi connectivity index (χ2v) is 7.58. The number of benzene rings is 1. The van der Waals surface area contributed by atoms with E-state index in [0.29, 0.717) is 0 Å². The summed E-state index contributed by atoms with van der Waals surface area (Å²) in [7, 11) is 0. The van der Waals surface area contributed by atoms with Crippen molar-refractivity contribution in [3.05, 3.63) is 26.6 Å². The van der Waals surface area contributed by atoms with Gasteiger partial charge >= 0.3 is 0 Å². The van der Waals surface area contributed by atoms with Crippen LogP contribution in [0.1, 0.15) is 19.4 Å². The van der Waals surface area contributed by atoms with Crippen molar-refractivity contribution >= 4 is 31.9 Å². The molecule has 1 aliphatic rings. The molecule has 6 heteroatoms. The van der Waals surface area contributed by atoms with Crippen LogP contribution in [0.2, 0.25) is 0 Å². The first-order valence-corrected chi connectivity index (χ1v) is 9.43. The van der Waals surface area contributed by atoms with E-state index in [1.165, 1.54) is 5.56 Å². The van der Waals surface area contributed by atoms with Crippen LogP contribution in [0.4, 0.5) is 0 Å². The highest BCUT2D eigenvalue weighted by molar-refractivity contribution is 9.11. The van der Waals surface area contributed by atoms with E-state index in [-0.39, 0.29) is 6.10 Å². The number of halogens is 2. The predicted molar refractivity (Wildman–Crippen MR) is 98.6 cm³/mol. The normalized spacial score (nSPS) is 16.2. The van der Waals surface area contributed by atoms with E-state index in [9.17, 15) is 0 Å². The Bertz CT molecular complexity index is 477. The lowest BCUT2D eigenvalue weighted by Gasteiger charge is -2.27. The number of hydrogen-bond acceptors (Lipinski definition) is 4. The predicted octanol–water partition coefficient (Wildman–Crippen LogP) is 2.99. The molecule has 22 heavy (non-hydrogen) atoms. The third kappa shape index (κ3) is 5.81. The van der Waals surface area contributed by atoms with Crippen LogP contribution in [0.5, 0.6) is 5.75 Å². The second-order valence-electron chi connectivity index (χ2n) is 5.81. The fraction of sp³-hybridized carbons (Fsp3) is 0.625. The Kier molecular flexibility index (Phi) is 7.63. The maximum Gasteiger partial charge on any atom is 0.138 e. The van der Waals surface area contributed by atoms with Gasteiger partial charge in [-0.1, -0.05) is 15.9 Å². The fourth-order valence-electron chi connectivity index (χ4n) is 2.51. The average molecular weight is 435 g/mol. The number of rotatable bonds is 7. The van der Waals surface area contributed by atoms with Gasteiger partial charge in [-0.15, -0.1) is 0 Å². The van der Waals surface area contributed by atoms with Gasteiger partial charge < -0.3 is 15.4 Å². The van der Waals surface area contributed by atoms with Gasteiger partial charge in [-0.3, -0.25) is 4.90 Å². The van der Waals surface area contributed by atoms with Crippen LogP contribution in [0.15, 0.2) is 21.1 Å². The number of piperazine rings is 1. The van der Waals surface area contributed by atoms with E-state index in [4.69, 9.17) is 4.74 Å². The molecular formula is C16H25Br2N3O. The van der Waals surface area contributed by atoms with Gasteiger partial charge in [-0.25, -0.2) is 0 Å². The maximum absolute atomic E-state index is 5.95. The van der Waals surface area contributed by atoms with Crippen LogP contribution in [0.25, 0.3) is 0 Å². The molecule has 0 aliphatic carbocycles. The lowest BCUT2D eigenvalue weighted by Crippen LogP contribution is -2.45. The van der Waals surface area contributed by atoms with Crippen molar-refractivity contribution in [1.82, 2.24) is 15.5 Å². The van der Waals surface area contributed by atoms with Crippen molar-refractivity contribution in [3.8, 4) is 5.75 Å². The molecule has 1 fully saturated rings. The van der Waals surface area contributed by atoms with Crippen molar-refractivity contribution in [2.45, 2.75) is 26.5 Å². The molecule has 1 saturated heterocycles. The zero-order valence-corrected chi connectivity index (χ0v) is 16.5. The standard InChI is InChI=1S/C16H25Br2N3O/c1-12(2)22-16-13(9-14(17)10-15(16)18)11-20-5-8-21-6-3-19-4-7-21/h9-10,12,19-20H,3-8,11H2,1-2H3. The summed E-state index contributed by atoms with van der Waals surface area (Å²) in [6.07, 6.45) is 0.164. The van der Waals surface area contributed by atoms with Crippen molar-refractivity contribution in [2.24, 2.45) is 0 Å². The summed E-state index contributed by atoms with van der Waals surface area (Å²) in [5.41, 5.74) is 1.18. The van der Waals surface area contributed by atoms with Crippen molar-refractivity contribution in [2.75, 3.05) is 39.3 Å². The summed E-state index contributed by atoms with van der Waals surface area (Å²) < 4.78 is 8.01. The van der Waals surface area contributed by atoms with Crippen LogP contribution in [-0.2, 0) is 6.54 Å². The molecule has 0 atom stereocenters. The number of nitrogens with zero attached hydrogens (tertiary/aromatic N) is 1. The molecule has 0 aromatic heterocycles. The Morgan fingerprint density at radius 1 is 1.27 bits per heavy atom. The highest BCUT2D eigenvalue weighted by Crippen LogP contribution is 2.33. The molecule has 1 heterocycles. The van der Waals surface area contributed by atoms with Gasteiger partial charge in [0.2, 0.25) is 0 Å². The minimum absolute atomic E-state index is 0.164. The van der Waals surface area contributed by atoms with Gasteiger partial charge in [0.1, 0.15) is 5.75 Å². The lowest BCUT2D eigenvalue weighted by molar-refractivity contribution is 0.234. The summed E-state index contributed by atoms with van der Waals surface area (Å²) in [4.78, 5) is 2.49. The second kappa shape index (κ2) is 9.23. The van der Waals surface area contributed by atoms with Gasteiger partial charge in [-0.2, -0.15) is 0 Å². The molecule has 0 radical (unpaired) electrons. The van der Waals surface area contributed by atoms with Crippen LogP contribution in [0, 0.1) is 0 Å². The van der Waals surface area contributed by atoms with Crippen molar-refractivity contribution in [1.29, 1.82) is 0 Å². The van der Waals surface area contributed by atoms with E-state index in [1.807, 2.05) is 6.07 Å². The zero-order valence-electron chi connectivity index (χ0n) is 13.3. The largest absolute Gasteiger partial charge is 0.489 e. The highest BCUT2D eigenvalue weighted by Gasteiger charge is 2.12. The van der Waals surface area contributed by atoms with Crippen LogP contribution in [0.3, 0.4) is 0 Å². The summed E-state index contributed by atoms with van der Waals surface area (Å²) >= 11 is 7.16. The highest BCUT2D eigenvalue weighted by atomic mass is 79.9. The van der Waals surface area contributed by atoms with Gasteiger partial charge in [0.05, 0.1) is 10.6 Å². The lowest BCUT2D eigenvalue weighted by atomic mass is 10.2. The first-order valence-electron chi connectivity index (χ1n) is 7.84. The van der Waals surface area contributed by atoms with Gasteiger partial charge in [0, 0.05) is 55.8 Å². The molecule has 1 aromatic carbocycles. The summed E-state index contributed by atoms with van der Waals surface area (Å²) in [5.74, 6) is 0.938. The van der Waals surface area contributed by atoms with E-state index in [2.05, 4.69) is 67.3 Å². The monoisotopic (exact) mass is 433 g/mol. The molecule has 0 amide bonds. The Hall–Kier alpha value is -0.140. The number of hydrogen-bond donors (Lipinski definition) is 2. The van der Waals surface area contributed by atoms with Gasteiger partial charge in [0.15, 0.2) is 0 Å². The van der Waals surface area contributed by atoms with E-state index in [0.717, 1.165) is 60.5 Å². The quantitative estimate of drug-likeness (QED) is 0.646. The minimum atomic E-state index is 0.164. The van der Waals surface area contributed by atoms with Crippen LogP contribution < -0.4 is 15.4 Å².